The molecule has 0 radical (unpaired) electrons. The van der Waals surface area contributed by atoms with Crippen LogP contribution in [0.15, 0.2) is 36.4 Å². The molecule has 0 heterocycles. The van der Waals surface area contributed by atoms with E-state index in [0.29, 0.717) is 15.7 Å². The maximum absolute atomic E-state index is 13.1. The highest BCUT2D eigenvalue weighted by Crippen LogP contribution is 2.26. The summed E-state index contributed by atoms with van der Waals surface area (Å²) in [5.41, 5.74) is 0.333. The monoisotopic (exact) mass is 345 g/mol. The average Bonchev–Trinajstić information content (AvgIpc) is 2.46. The van der Waals surface area contributed by atoms with Gasteiger partial charge in [0, 0.05) is 11.1 Å². The van der Waals surface area contributed by atoms with Crippen LogP contribution >= 0.6 is 23.2 Å². The second-order valence-corrected chi connectivity index (χ2v) is 5.29. The molecule has 2 aromatic rings. The van der Waals surface area contributed by atoms with E-state index >= 15 is 0 Å². The van der Waals surface area contributed by atoms with E-state index in [1.54, 1.807) is 12.1 Å². The highest BCUT2D eigenvalue weighted by atomic mass is 35.5. The fraction of sp³-hybridized carbons (Fsp3) is 0.133. The van der Waals surface area contributed by atoms with Crippen molar-refractivity contribution in [2.45, 2.75) is 13.0 Å². The minimum absolute atomic E-state index is 0.0405. The molecule has 1 atom stereocenters. The summed E-state index contributed by atoms with van der Waals surface area (Å²) in [6, 6.07) is 7.64. The van der Waals surface area contributed by atoms with E-state index in [1.807, 2.05) is 0 Å². The van der Waals surface area contributed by atoms with Crippen molar-refractivity contribution in [2.24, 2.45) is 0 Å². The Balaban J connectivity index is 2.05. The number of hydrogen-bond donors (Lipinski definition) is 1. The quantitative estimate of drug-likeness (QED) is 0.873. The van der Waals surface area contributed by atoms with E-state index in [0.717, 1.165) is 12.1 Å². The Morgan fingerprint density at radius 3 is 2.55 bits per heavy atom. The molecule has 0 aliphatic carbocycles. The lowest BCUT2D eigenvalue weighted by atomic mass is 10.3. The first-order valence-electron chi connectivity index (χ1n) is 6.24. The molecular formula is C15H11Cl2F2NO2. The molecule has 1 unspecified atom stereocenters. The van der Waals surface area contributed by atoms with E-state index in [-0.39, 0.29) is 5.75 Å². The third kappa shape index (κ3) is 4.08. The van der Waals surface area contributed by atoms with Gasteiger partial charge >= 0.3 is 0 Å². The Bertz CT molecular complexity index is 710. The van der Waals surface area contributed by atoms with Gasteiger partial charge in [-0.15, -0.1) is 0 Å². The minimum Gasteiger partial charge on any atom is -0.481 e. The van der Waals surface area contributed by atoms with Crippen molar-refractivity contribution in [1.29, 1.82) is 0 Å². The number of benzene rings is 2. The zero-order valence-electron chi connectivity index (χ0n) is 11.4. The summed E-state index contributed by atoms with van der Waals surface area (Å²) in [6.07, 6.45) is -0.945. The van der Waals surface area contributed by atoms with Crippen molar-refractivity contribution >= 4 is 34.8 Å². The van der Waals surface area contributed by atoms with Crippen LogP contribution in [0.25, 0.3) is 0 Å². The number of rotatable bonds is 4. The molecule has 1 amide bonds. The molecule has 7 heteroatoms. The summed E-state index contributed by atoms with van der Waals surface area (Å²) < 4.78 is 31.2. The Morgan fingerprint density at radius 1 is 1.14 bits per heavy atom. The average molecular weight is 346 g/mol. The molecule has 116 valence electrons. The van der Waals surface area contributed by atoms with Gasteiger partial charge in [0.25, 0.3) is 5.91 Å². The highest BCUT2D eigenvalue weighted by Gasteiger charge is 2.17. The standard InChI is InChI=1S/C15H11Cl2F2NO2/c1-8(22-10-3-5-12(18)13(19)7-10)15(21)20-14-6-9(16)2-4-11(14)17/h2-8H,1H3,(H,20,21). The van der Waals surface area contributed by atoms with Crippen LogP contribution in [-0.4, -0.2) is 12.0 Å². The lowest BCUT2D eigenvalue weighted by molar-refractivity contribution is -0.122. The van der Waals surface area contributed by atoms with Crippen molar-refractivity contribution in [3.05, 3.63) is 58.1 Å². The van der Waals surface area contributed by atoms with E-state index in [4.69, 9.17) is 27.9 Å². The summed E-state index contributed by atoms with van der Waals surface area (Å²) in [6.45, 7) is 1.47. The summed E-state index contributed by atoms with van der Waals surface area (Å²) in [4.78, 5) is 12.0. The molecule has 1 N–H and O–H groups in total. The molecule has 2 rings (SSSR count). The SMILES string of the molecule is CC(Oc1ccc(F)c(F)c1)C(=O)Nc1cc(Cl)ccc1Cl. The second kappa shape index (κ2) is 6.94. The summed E-state index contributed by atoms with van der Waals surface area (Å²) in [5, 5.41) is 3.28. The maximum Gasteiger partial charge on any atom is 0.265 e. The van der Waals surface area contributed by atoms with Gasteiger partial charge in [0.15, 0.2) is 17.7 Å². The van der Waals surface area contributed by atoms with Crippen LogP contribution in [0.2, 0.25) is 10.0 Å². The van der Waals surface area contributed by atoms with Crippen LogP contribution in [-0.2, 0) is 4.79 Å². The first-order chi connectivity index (χ1) is 10.4. The van der Waals surface area contributed by atoms with Crippen LogP contribution in [0, 0.1) is 11.6 Å². The zero-order valence-corrected chi connectivity index (χ0v) is 12.9. The topological polar surface area (TPSA) is 38.3 Å². The molecule has 0 fully saturated rings. The number of halogens is 4. The third-order valence-corrected chi connectivity index (χ3v) is 3.32. The van der Waals surface area contributed by atoms with Gasteiger partial charge in [-0.1, -0.05) is 23.2 Å². The Morgan fingerprint density at radius 2 is 1.86 bits per heavy atom. The Hall–Kier alpha value is -1.85. The lowest BCUT2D eigenvalue weighted by Gasteiger charge is -2.15. The Kier molecular flexibility index (Phi) is 5.21. The van der Waals surface area contributed by atoms with Crippen molar-refractivity contribution in [2.75, 3.05) is 5.32 Å². The fourth-order valence-electron chi connectivity index (χ4n) is 1.64. The largest absolute Gasteiger partial charge is 0.481 e. The number of anilines is 1. The van der Waals surface area contributed by atoms with Gasteiger partial charge in [-0.05, 0) is 37.3 Å². The number of hydrogen-bond acceptors (Lipinski definition) is 2. The van der Waals surface area contributed by atoms with Gasteiger partial charge in [0.1, 0.15) is 5.75 Å². The number of amides is 1. The van der Waals surface area contributed by atoms with Gasteiger partial charge in [-0.2, -0.15) is 0 Å². The molecule has 0 aliphatic heterocycles. The van der Waals surface area contributed by atoms with Gasteiger partial charge in [0.05, 0.1) is 10.7 Å². The van der Waals surface area contributed by atoms with E-state index < -0.39 is 23.6 Å². The molecule has 0 spiro atoms. The third-order valence-electron chi connectivity index (χ3n) is 2.76. The molecule has 0 saturated carbocycles. The maximum atomic E-state index is 13.1. The fourth-order valence-corrected chi connectivity index (χ4v) is 1.97. The first-order valence-corrected chi connectivity index (χ1v) is 7.00. The summed E-state index contributed by atoms with van der Waals surface area (Å²) in [5.74, 6) is -2.51. The van der Waals surface area contributed by atoms with Crippen LogP contribution in [0.3, 0.4) is 0 Å². The van der Waals surface area contributed by atoms with Crippen LogP contribution in [0.1, 0.15) is 6.92 Å². The molecule has 0 bridgehead atoms. The van der Waals surface area contributed by atoms with Crippen LogP contribution < -0.4 is 10.1 Å². The zero-order chi connectivity index (χ0) is 16.3. The second-order valence-electron chi connectivity index (χ2n) is 4.45. The van der Waals surface area contributed by atoms with E-state index in [2.05, 4.69) is 5.32 Å². The Labute approximate surface area is 135 Å². The van der Waals surface area contributed by atoms with Crippen molar-refractivity contribution in [3.63, 3.8) is 0 Å². The number of nitrogens with one attached hydrogen (secondary N) is 1. The smallest absolute Gasteiger partial charge is 0.265 e. The summed E-state index contributed by atoms with van der Waals surface area (Å²) in [7, 11) is 0. The number of carbonyl (C=O) groups is 1. The number of carbonyl (C=O) groups excluding carboxylic acids is 1. The normalized spacial score (nSPS) is 11.9. The van der Waals surface area contributed by atoms with Gasteiger partial charge < -0.3 is 10.1 Å². The molecule has 3 nitrogen and oxygen atoms in total. The lowest BCUT2D eigenvalue weighted by Crippen LogP contribution is -2.30. The predicted octanol–water partition coefficient (Wildman–Crippen LogP) is 4.68. The molecule has 0 aliphatic rings. The predicted molar refractivity (Wildman–Crippen MR) is 81.5 cm³/mol. The summed E-state index contributed by atoms with van der Waals surface area (Å²) >= 11 is 11.8. The van der Waals surface area contributed by atoms with Gasteiger partial charge in [0.2, 0.25) is 0 Å². The van der Waals surface area contributed by atoms with Crippen LogP contribution in [0.5, 0.6) is 5.75 Å². The van der Waals surface area contributed by atoms with E-state index in [9.17, 15) is 13.6 Å². The van der Waals surface area contributed by atoms with E-state index in [1.165, 1.54) is 19.1 Å². The molecule has 2 aromatic carbocycles. The highest BCUT2D eigenvalue weighted by molar-refractivity contribution is 6.35. The van der Waals surface area contributed by atoms with Gasteiger partial charge in [-0.25, -0.2) is 8.78 Å². The van der Waals surface area contributed by atoms with Crippen molar-refractivity contribution < 1.29 is 18.3 Å². The molecule has 0 aromatic heterocycles. The number of ether oxygens (including phenoxy) is 1. The van der Waals surface area contributed by atoms with Crippen LogP contribution in [0.4, 0.5) is 14.5 Å². The molecule has 22 heavy (non-hydrogen) atoms. The van der Waals surface area contributed by atoms with Crippen molar-refractivity contribution in [1.82, 2.24) is 0 Å². The minimum atomic E-state index is -1.05. The molecular weight excluding hydrogens is 335 g/mol. The van der Waals surface area contributed by atoms with Gasteiger partial charge in [-0.3, -0.25) is 4.79 Å². The molecule has 0 saturated heterocycles. The first kappa shape index (κ1) is 16.5. The van der Waals surface area contributed by atoms with Crippen molar-refractivity contribution in [3.8, 4) is 5.75 Å².